The van der Waals surface area contributed by atoms with E-state index >= 15 is 0 Å². The number of rotatable bonds is 2. The van der Waals surface area contributed by atoms with Crippen LogP contribution in [0, 0.1) is 11.8 Å². The summed E-state index contributed by atoms with van der Waals surface area (Å²) in [4.78, 5) is 0. The zero-order valence-electron chi connectivity index (χ0n) is 10.8. The molecule has 17 heavy (non-hydrogen) atoms. The van der Waals surface area contributed by atoms with Gasteiger partial charge in [0.25, 0.3) is 0 Å². The monoisotopic (exact) mass is 240 g/mol. The first-order valence-corrected chi connectivity index (χ1v) is 7.02. The van der Waals surface area contributed by atoms with Crippen molar-refractivity contribution in [3.8, 4) is 0 Å². The third kappa shape index (κ3) is 3.91. The van der Waals surface area contributed by atoms with E-state index in [-0.39, 0.29) is 0 Å². The molecule has 0 amide bonds. The third-order valence-corrected chi connectivity index (χ3v) is 4.74. The van der Waals surface area contributed by atoms with Crippen LogP contribution in [0.3, 0.4) is 0 Å². The van der Waals surface area contributed by atoms with Crippen LogP contribution in [0.2, 0.25) is 0 Å². The van der Waals surface area contributed by atoms with Crippen LogP contribution < -0.4 is 22.9 Å². The van der Waals surface area contributed by atoms with Crippen LogP contribution in [0.25, 0.3) is 0 Å². The standard InChI is InChI=1S/C13H28N4/c14-12(15)5-1-10(2-6-12)9-11-3-7-13(16,17)8-4-11/h10-11H,1-9,14-17H2. The van der Waals surface area contributed by atoms with Crippen LogP contribution in [0.4, 0.5) is 0 Å². The second-order valence-corrected chi connectivity index (χ2v) is 6.59. The molecule has 0 saturated heterocycles. The summed E-state index contributed by atoms with van der Waals surface area (Å²) in [6.45, 7) is 0. The highest BCUT2D eigenvalue weighted by Crippen LogP contribution is 2.37. The van der Waals surface area contributed by atoms with Gasteiger partial charge >= 0.3 is 0 Å². The van der Waals surface area contributed by atoms with E-state index in [2.05, 4.69) is 0 Å². The fourth-order valence-corrected chi connectivity index (χ4v) is 3.37. The van der Waals surface area contributed by atoms with Gasteiger partial charge in [0.15, 0.2) is 0 Å². The van der Waals surface area contributed by atoms with Crippen LogP contribution in [0.15, 0.2) is 0 Å². The van der Waals surface area contributed by atoms with Gasteiger partial charge < -0.3 is 22.9 Å². The van der Waals surface area contributed by atoms with Gasteiger partial charge in [-0.15, -0.1) is 0 Å². The number of nitrogens with two attached hydrogens (primary N) is 4. The van der Waals surface area contributed by atoms with E-state index in [0.29, 0.717) is 0 Å². The molecule has 0 spiro atoms. The van der Waals surface area contributed by atoms with Crippen molar-refractivity contribution in [3.05, 3.63) is 0 Å². The molecule has 0 unspecified atom stereocenters. The van der Waals surface area contributed by atoms with Gasteiger partial charge in [-0.2, -0.15) is 0 Å². The van der Waals surface area contributed by atoms with Gasteiger partial charge in [-0.05, 0) is 69.6 Å². The fourth-order valence-electron chi connectivity index (χ4n) is 3.37. The van der Waals surface area contributed by atoms with Crippen LogP contribution in [-0.2, 0) is 0 Å². The minimum Gasteiger partial charge on any atom is -0.313 e. The number of hydrogen-bond acceptors (Lipinski definition) is 4. The summed E-state index contributed by atoms with van der Waals surface area (Å²) in [5.41, 5.74) is 23.0. The first kappa shape index (κ1) is 13.3. The molecule has 2 aliphatic rings. The summed E-state index contributed by atoms with van der Waals surface area (Å²) in [5, 5.41) is 0. The maximum Gasteiger partial charge on any atom is 0.0636 e. The minimum absolute atomic E-state index is 0.396. The quantitative estimate of drug-likeness (QED) is 0.540. The summed E-state index contributed by atoms with van der Waals surface area (Å²) >= 11 is 0. The van der Waals surface area contributed by atoms with Crippen molar-refractivity contribution in [1.29, 1.82) is 0 Å². The Morgan fingerprint density at radius 2 is 0.941 bits per heavy atom. The Morgan fingerprint density at radius 3 is 1.24 bits per heavy atom. The summed E-state index contributed by atoms with van der Waals surface area (Å²) in [5.74, 6) is 1.64. The molecular weight excluding hydrogens is 212 g/mol. The molecule has 2 rings (SSSR count). The van der Waals surface area contributed by atoms with Crippen molar-refractivity contribution < 1.29 is 0 Å². The molecule has 0 bridgehead atoms. The van der Waals surface area contributed by atoms with Gasteiger partial charge in [0.05, 0.1) is 11.3 Å². The van der Waals surface area contributed by atoms with Gasteiger partial charge in [0, 0.05) is 0 Å². The Kier molecular flexibility index (Phi) is 3.78. The second-order valence-electron chi connectivity index (χ2n) is 6.59. The maximum absolute atomic E-state index is 5.95. The van der Waals surface area contributed by atoms with Gasteiger partial charge in [-0.3, -0.25) is 0 Å². The summed E-state index contributed by atoms with van der Waals surface area (Å²) < 4.78 is 0. The normalized spacial score (nSPS) is 30.4. The van der Waals surface area contributed by atoms with Crippen molar-refractivity contribution in [3.63, 3.8) is 0 Å². The average Bonchev–Trinajstić information content (AvgIpc) is 2.24. The van der Waals surface area contributed by atoms with E-state index in [1.54, 1.807) is 0 Å². The molecule has 2 fully saturated rings. The Morgan fingerprint density at radius 1 is 0.647 bits per heavy atom. The third-order valence-electron chi connectivity index (χ3n) is 4.74. The highest BCUT2D eigenvalue weighted by Gasteiger charge is 2.32. The summed E-state index contributed by atoms with van der Waals surface area (Å²) in [6, 6.07) is 0. The topological polar surface area (TPSA) is 104 Å². The molecule has 8 N–H and O–H groups in total. The van der Waals surface area contributed by atoms with E-state index in [1.165, 1.54) is 32.1 Å². The highest BCUT2D eigenvalue weighted by atomic mass is 15.0. The fraction of sp³-hybridized carbons (Fsp3) is 1.00. The lowest BCUT2D eigenvalue weighted by atomic mass is 9.73. The molecule has 0 aromatic rings. The Balaban J connectivity index is 1.72. The van der Waals surface area contributed by atoms with Crippen LogP contribution in [-0.4, -0.2) is 11.3 Å². The zero-order valence-corrected chi connectivity index (χ0v) is 10.8. The van der Waals surface area contributed by atoms with Crippen molar-refractivity contribution in [2.45, 2.75) is 69.1 Å². The van der Waals surface area contributed by atoms with Gasteiger partial charge in [0.2, 0.25) is 0 Å². The number of hydrogen-bond donors (Lipinski definition) is 4. The van der Waals surface area contributed by atoms with Crippen molar-refractivity contribution in [2.75, 3.05) is 0 Å². The van der Waals surface area contributed by atoms with Gasteiger partial charge in [0.1, 0.15) is 0 Å². The molecule has 0 atom stereocenters. The largest absolute Gasteiger partial charge is 0.313 e. The second kappa shape index (κ2) is 4.84. The van der Waals surface area contributed by atoms with Gasteiger partial charge in [-0.1, -0.05) is 0 Å². The van der Waals surface area contributed by atoms with E-state index < -0.39 is 11.3 Å². The predicted molar refractivity (Wildman–Crippen MR) is 70.7 cm³/mol. The van der Waals surface area contributed by atoms with E-state index in [1.807, 2.05) is 0 Å². The smallest absolute Gasteiger partial charge is 0.0636 e. The molecule has 2 saturated carbocycles. The molecule has 4 nitrogen and oxygen atoms in total. The van der Waals surface area contributed by atoms with Crippen molar-refractivity contribution in [1.82, 2.24) is 0 Å². The molecular formula is C13H28N4. The lowest BCUT2D eigenvalue weighted by Crippen LogP contribution is -2.52. The molecule has 0 aromatic carbocycles. The van der Waals surface area contributed by atoms with E-state index in [9.17, 15) is 0 Å². The molecule has 0 aromatic heterocycles. The first-order valence-electron chi connectivity index (χ1n) is 7.02. The van der Waals surface area contributed by atoms with Crippen molar-refractivity contribution in [2.24, 2.45) is 34.8 Å². The highest BCUT2D eigenvalue weighted by molar-refractivity contribution is 4.88. The Hall–Kier alpha value is -0.160. The zero-order chi connectivity index (χ0) is 12.5. The van der Waals surface area contributed by atoms with Crippen LogP contribution in [0.5, 0.6) is 0 Å². The molecule has 100 valence electrons. The molecule has 0 heterocycles. The molecule has 0 radical (unpaired) electrons. The SMILES string of the molecule is NC1(N)CCC(CC2CCC(N)(N)CC2)CC1. The Bertz CT molecular complexity index is 216. The first-order chi connectivity index (χ1) is 7.86. The maximum atomic E-state index is 5.95. The van der Waals surface area contributed by atoms with Gasteiger partial charge in [-0.25, -0.2) is 0 Å². The van der Waals surface area contributed by atoms with Crippen LogP contribution in [0.1, 0.15) is 57.8 Å². The lowest BCUT2D eigenvalue weighted by molar-refractivity contribution is 0.169. The molecule has 0 aliphatic heterocycles. The van der Waals surface area contributed by atoms with Crippen LogP contribution >= 0.6 is 0 Å². The molecule has 4 heteroatoms. The van der Waals surface area contributed by atoms with Crippen molar-refractivity contribution >= 4 is 0 Å². The van der Waals surface area contributed by atoms with E-state index in [4.69, 9.17) is 22.9 Å². The molecule has 2 aliphatic carbocycles. The summed E-state index contributed by atoms with van der Waals surface area (Å²) in [6.07, 6.45) is 10.0. The predicted octanol–water partition coefficient (Wildman–Crippen LogP) is 0.984. The average molecular weight is 240 g/mol. The summed E-state index contributed by atoms with van der Waals surface area (Å²) in [7, 11) is 0. The minimum atomic E-state index is -0.396. The van der Waals surface area contributed by atoms with E-state index in [0.717, 1.165) is 37.5 Å². The lowest BCUT2D eigenvalue weighted by Gasteiger charge is -2.38. The Labute approximate surface area is 104 Å².